The quantitative estimate of drug-likeness (QED) is 0.653. The number of aryl methyl sites for hydroxylation is 1. The third kappa shape index (κ3) is 3.09. The van der Waals surface area contributed by atoms with Gasteiger partial charge in [0.15, 0.2) is 0 Å². The molecule has 0 amide bonds. The molecule has 20 heavy (non-hydrogen) atoms. The van der Waals surface area contributed by atoms with Crippen LogP contribution in [0.15, 0.2) is 0 Å². The highest BCUT2D eigenvalue weighted by Crippen LogP contribution is 2.31. The third-order valence-electron chi connectivity index (χ3n) is 3.64. The molecule has 1 saturated heterocycles. The fourth-order valence-electron chi connectivity index (χ4n) is 2.62. The normalized spacial score (nSPS) is 19.9. The molecule has 0 saturated carbocycles. The second-order valence-corrected chi connectivity index (χ2v) is 5.60. The van der Waals surface area contributed by atoms with Crippen LogP contribution in [-0.2, 0) is 0 Å². The fraction of sp³-hybridized carbons (Fsp3) is 0.769. The van der Waals surface area contributed by atoms with Gasteiger partial charge in [-0.2, -0.15) is 5.10 Å². The smallest absolute Gasteiger partial charge is 0.333 e. The molecular formula is C13H23N5O2. The SMILES string of the molecule is Cc1nn(C(C)C)c(NC2CCCNCC2)c1[N+](=O)[O-]. The maximum absolute atomic E-state index is 11.3. The van der Waals surface area contributed by atoms with Gasteiger partial charge in [-0.05, 0) is 53.1 Å². The standard InChI is InChI=1S/C13H23N5O2/c1-9(2)17-13(12(18(19)20)10(3)16-17)15-11-5-4-7-14-8-6-11/h9,11,14-15H,4-8H2,1-3H3. The van der Waals surface area contributed by atoms with Crippen molar-refractivity contribution in [3.63, 3.8) is 0 Å². The van der Waals surface area contributed by atoms with Gasteiger partial charge in [0.1, 0.15) is 5.69 Å². The van der Waals surface area contributed by atoms with Crippen molar-refractivity contribution in [2.45, 2.75) is 52.1 Å². The fourth-order valence-corrected chi connectivity index (χ4v) is 2.62. The highest BCUT2D eigenvalue weighted by Gasteiger charge is 2.28. The summed E-state index contributed by atoms with van der Waals surface area (Å²) in [5, 5.41) is 22.3. The van der Waals surface area contributed by atoms with E-state index in [0.717, 1.165) is 32.4 Å². The van der Waals surface area contributed by atoms with E-state index in [1.165, 1.54) is 0 Å². The third-order valence-corrected chi connectivity index (χ3v) is 3.64. The Bertz CT molecular complexity index is 475. The lowest BCUT2D eigenvalue weighted by Gasteiger charge is -2.19. The molecule has 7 nitrogen and oxygen atoms in total. The zero-order chi connectivity index (χ0) is 14.7. The van der Waals surface area contributed by atoms with E-state index >= 15 is 0 Å². The molecule has 1 fully saturated rings. The van der Waals surface area contributed by atoms with Crippen molar-refractivity contribution in [3.8, 4) is 0 Å². The molecule has 1 aromatic heterocycles. The summed E-state index contributed by atoms with van der Waals surface area (Å²) < 4.78 is 1.73. The number of hydrogen-bond donors (Lipinski definition) is 2. The monoisotopic (exact) mass is 281 g/mol. The van der Waals surface area contributed by atoms with E-state index < -0.39 is 0 Å². The van der Waals surface area contributed by atoms with Gasteiger partial charge in [0.25, 0.3) is 0 Å². The van der Waals surface area contributed by atoms with Gasteiger partial charge >= 0.3 is 5.69 Å². The number of rotatable bonds is 4. The first kappa shape index (κ1) is 14.8. The topological polar surface area (TPSA) is 85.0 Å². The summed E-state index contributed by atoms with van der Waals surface area (Å²) in [7, 11) is 0. The van der Waals surface area contributed by atoms with Crippen molar-refractivity contribution in [2.75, 3.05) is 18.4 Å². The Morgan fingerprint density at radius 3 is 2.85 bits per heavy atom. The predicted molar refractivity (Wildman–Crippen MR) is 78.1 cm³/mol. The molecule has 1 aromatic rings. The summed E-state index contributed by atoms with van der Waals surface area (Å²) in [6, 6.07) is 0.353. The maximum Gasteiger partial charge on any atom is 0.333 e. The van der Waals surface area contributed by atoms with Gasteiger partial charge in [0, 0.05) is 12.1 Å². The number of hydrogen-bond acceptors (Lipinski definition) is 5. The predicted octanol–water partition coefficient (Wildman–Crippen LogP) is 2.23. The Labute approximate surface area is 118 Å². The Hall–Kier alpha value is -1.63. The molecule has 2 heterocycles. The minimum Gasteiger partial charge on any atom is -0.362 e. The zero-order valence-electron chi connectivity index (χ0n) is 12.3. The van der Waals surface area contributed by atoms with Crippen molar-refractivity contribution >= 4 is 11.5 Å². The number of aromatic nitrogens is 2. The van der Waals surface area contributed by atoms with E-state index in [9.17, 15) is 10.1 Å². The van der Waals surface area contributed by atoms with Crippen molar-refractivity contribution in [2.24, 2.45) is 0 Å². The summed E-state index contributed by atoms with van der Waals surface area (Å²) in [5.74, 6) is 0.550. The lowest BCUT2D eigenvalue weighted by molar-refractivity contribution is -0.384. The first-order valence-electron chi connectivity index (χ1n) is 7.21. The zero-order valence-corrected chi connectivity index (χ0v) is 12.3. The minimum atomic E-state index is -0.335. The molecular weight excluding hydrogens is 258 g/mol. The van der Waals surface area contributed by atoms with Crippen molar-refractivity contribution in [3.05, 3.63) is 15.8 Å². The summed E-state index contributed by atoms with van der Waals surface area (Å²) in [6.07, 6.45) is 3.08. The molecule has 0 aliphatic carbocycles. The molecule has 112 valence electrons. The Kier molecular flexibility index (Phi) is 4.59. The lowest BCUT2D eigenvalue weighted by atomic mass is 10.1. The summed E-state index contributed by atoms with van der Waals surface area (Å²) in [5.41, 5.74) is 0.578. The molecule has 0 radical (unpaired) electrons. The van der Waals surface area contributed by atoms with Crippen LogP contribution in [0.5, 0.6) is 0 Å². The Morgan fingerprint density at radius 1 is 1.45 bits per heavy atom. The van der Waals surface area contributed by atoms with Crippen LogP contribution < -0.4 is 10.6 Å². The van der Waals surface area contributed by atoms with Crippen molar-refractivity contribution < 1.29 is 4.92 Å². The van der Waals surface area contributed by atoms with Gasteiger partial charge in [-0.15, -0.1) is 0 Å². The van der Waals surface area contributed by atoms with Gasteiger partial charge in [-0.1, -0.05) is 0 Å². The second kappa shape index (κ2) is 6.21. The van der Waals surface area contributed by atoms with E-state index in [4.69, 9.17) is 0 Å². The summed E-state index contributed by atoms with van der Waals surface area (Å²) in [6.45, 7) is 7.62. The number of nitrogens with zero attached hydrogens (tertiary/aromatic N) is 3. The van der Waals surface area contributed by atoms with E-state index in [-0.39, 0.29) is 22.7 Å². The van der Waals surface area contributed by atoms with Crippen LogP contribution in [0.3, 0.4) is 0 Å². The van der Waals surface area contributed by atoms with Gasteiger partial charge in [-0.25, -0.2) is 4.68 Å². The Balaban J connectivity index is 2.30. The number of nitrogens with one attached hydrogen (secondary N) is 2. The molecule has 0 bridgehead atoms. The van der Waals surface area contributed by atoms with Gasteiger partial charge in [-0.3, -0.25) is 10.1 Å². The first-order valence-corrected chi connectivity index (χ1v) is 7.21. The second-order valence-electron chi connectivity index (χ2n) is 5.60. The maximum atomic E-state index is 11.3. The Morgan fingerprint density at radius 2 is 2.20 bits per heavy atom. The molecule has 1 unspecified atom stereocenters. The molecule has 1 aliphatic rings. The number of anilines is 1. The molecule has 1 aliphatic heterocycles. The molecule has 7 heteroatoms. The van der Waals surface area contributed by atoms with Crippen molar-refractivity contribution in [1.82, 2.24) is 15.1 Å². The van der Waals surface area contributed by atoms with Crippen LogP contribution in [0.4, 0.5) is 11.5 Å². The average molecular weight is 281 g/mol. The molecule has 0 aromatic carbocycles. The van der Waals surface area contributed by atoms with Crippen LogP contribution in [0.25, 0.3) is 0 Å². The van der Waals surface area contributed by atoms with Crippen LogP contribution in [0.1, 0.15) is 44.8 Å². The van der Waals surface area contributed by atoms with E-state index in [2.05, 4.69) is 15.7 Å². The molecule has 2 rings (SSSR count). The molecule has 1 atom stereocenters. The first-order chi connectivity index (χ1) is 9.50. The summed E-state index contributed by atoms with van der Waals surface area (Å²) in [4.78, 5) is 11.0. The van der Waals surface area contributed by atoms with Crippen LogP contribution in [0, 0.1) is 17.0 Å². The highest BCUT2D eigenvalue weighted by atomic mass is 16.6. The largest absolute Gasteiger partial charge is 0.362 e. The van der Waals surface area contributed by atoms with Crippen LogP contribution in [0.2, 0.25) is 0 Å². The van der Waals surface area contributed by atoms with Crippen molar-refractivity contribution in [1.29, 1.82) is 0 Å². The average Bonchev–Trinajstić information content (AvgIpc) is 2.55. The van der Waals surface area contributed by atoms with Gasteiger partial charge in [0.05, 0.1) is 4.92 Å². The minimum absolute atomic E-state index is 0.0915. The van der Waals surface area contributed by atoms with Crippen LogP contribution >= 0.6 is 0 Å². The van der Waals surface area contributed by atoms with Crippen LogP contribution in [-0.4, -0.2) is 33.8 Å². The van der Waals surface area contributed by atoms with E-state index in [1.54, 1.807) is 11.6 Å². The lowest BCUT2D eigenvalue weighted by Crippen LogP contribution is -2.24. The van der Waals surface area contributed by atoms with Gasteiger partial charge in [0.2, 0.25) is 5.82 Å². The number of nitro groups is 1. The van der Waals surface area contributed by atoms with Gasteiger partial charge < -0.3 is 10.6 Å². The highest BCUT2D eigenvalue weighted by molar-refractivity contribution is 5.60. The molecule has 0 spiro atoms. The van der Waals surface area contributed by atoms with E-state index in [0.29, 0.717) is 11.5 Å². The summed E-state index contributed by atoms with van der Waals surface area (Å²) >= 11 is 0. The molecule has 2 N–H and O–H groups in total. The van der Waals surface area contributed by atoms with E-state index in [1.807, 2.05) is 13.8 Å².